The second kappa shape index (κ2) is 5.99. The molecule has 0 saturated heterocycles. The first-order valence-electron chi connectivity index (χ1n) is 5.55. The number of hydrogen-bond donors (Lipinski definition) is 0. The molecule has 2 aromatic rings. The maximum Gasteiger partial charge on any atom is 0.256 e. The van der Waals surface area contributed by atoms with Crippen LogP contribution in [0.3, 0.4) is 0 Å². The number of oxazole rings is 1. The Labute approximate surface area is 125 Å². The summed E-state index contributed by atoms with van der Waals surface area (Å²) in [7, 11) is 0. The average molecular weight is 316 g/mol. The quantitative estimate of drug-likeness (QED) is 0.608. The van der Waals surface area contributed by atoms with Gasteiger partial charge in [0.25, 0.3) is 5.22 Å². The van der Waals surface area contributed by atoms with Crippen LogP contribution in [0.15, 0.2) is 34.1 Å². The molecule has 0 fully saturated rings. The van der Waals surface area contributed by atoms with E-state index in [0.717, 1.165) is 5.69 Å². The Kier molecular flexibility index (Phi) is 4.55. The van der Waals surface area contributed by atoms with E-state index in [0.29, 0.717) is 20.8 Å². The summed E-state index contributed by atoms with van der Waals surface area (Å²) in [6, 6.07) is 4.83. The van der Waals surface area contributed by atoms with Crippen LogP contribution in [-0.2, 0) is 0 Å². The van der Waals surface area contributed by atoms with E-state index in [2.05, 4.69) is 4.98 Å². The van der Waals surface area contributed by atoms with Gasteiger partial charge < -0.3 is 4.42 Å². The number of ketones is 1. The molecule has 2 rings (SSSR count). The van der Waals surface area contributed by atoms with E-state index in [-0.39, 0.29) is 11.0 Å². The number of hydrogen-bond acceptors (Lipinski definition) is 4. The zero-order chi connectivity index (χ0) is 14.0. The fourth-order valence-electron chi connectivity index (χ4n) is 1.50. The van der Waals surface area contributed by atoms with Crippen LogP contribution >= 0.6 is 35.0 Å². The van der Waals surface area contributed by atoms with Crippen LogP contribution in [-0.4, -0.2) is 16.0 Å². The number of aryl methyl sites for hydroxylation is 1. The Hall–Kier alpha value is -0.970. The van der Waals surface area contributed by atoms with E-state index in [1.54, 1.807) is 31.4 Å². The molecule has 0 aliphatic carbocycles. The maximum absolute atomic E-state index is 12.3. The zero-order valence-corrected chi connectivity index (χ0v) is 12.6. The standard InChI is InChI=1S/C13H11Cl2NO2S/c1-7-6-18-13(16-7)19-8(2)12(17)10-4-3-9(14)5-11(10)15/h3-6,8H,1-2H3. The minimum Gasteiger partial charge on any atom is -0.440 e. The van der Waals surface area contributed by atoms with Gasteiger partial charge in [-0.25, -0.2) is 4.98 Å². The Morgan fingerprint density at radius 3 is 2.74 bits per heavy atom. The van der Waals surface area contributed by atoms with Crippen molar-refractivity contribution in [2.45, 2.75) is 24.3 Å². The predicted molar refractivity (Wildman–Crippen MR) is 77.4 cm³/mol. The first kappa shape index (κ1) is 14.4. The van der Waals surface area contributed by atoms with Crippen molar-refractivity contribution >= 4 is 40.7 Å². The molecule has 0 bridgehead atoms. The Morgan fingerprint density at radius 2 is 2.16 bits per heavy atom. The van der Waals surface area contributed by atoms with Crippen LogP contribution < -0.4 is 0 Å². The highest BCUT2D eigenvalue weighted by Gasteiger charge is 2.21. The summed E-state index contributed by atoms with van der Waals surface area (Å²) >= 11 is 13.1. The number of rotatable bonds is 4. The monoisotopic (exact) mass is 315 g/mol. The molecule has 0 aliphatic rings. The van der Waals surface area contributed by atoms with Crippen molar-refractivity contribution in [3.8, 4) is 0 Å². The largest absolute Gasteiger partial charge is 0.440 e. The summed E-state index contributed by atoms with van der Waals surface area (Å²) in [4.78, 5) is 16.4. The van der Waals surface area contributed by atoms with E-state index in [1.165, 1.54) is 11.8 Å². The lowest BCUT2D eigenvalue weighted by Gasteiger charge is -2.09. The molecule has 100 valence electrons. The van der Waals surface area contributed by atoms with Gasteiger partial charge in [0.2, 0.25) is 0 Å². The number of Topliss-reactive ketones (excluding diaryl/α,β-unsaturated/α-hetero) is 1. The summed E-state index contributed by atoms with van der Waals surface area (Å²) in [5.41, 5.74) is 1.24. The molecule has 1 aromatic heterocycles. The topological polar surface area (TPSA) is 43.1 Å². The molecular weight excluding hydrogens is 305 g/mol. The molecule has 0 aliphatic heterocycles. The van der Waals surface area contributed by atoms with Crippen LogP contribution in [0.5, 0.6) is 0 Å². The summed E-state index contributed by atoms with van der Waals surface area (Å²) in [6.45, 7) is 3.62. The smallest absolute Gasteiger partial charge is 0.256 e. The van der Waals surface area contributed by atoms with E-state index in [4.69, 9.17) is 27.6 Å². The number of nitrogens with zero attached hydrogens (tertiary/aromatic N) is 1. The summed E-state index contributed by atoms with van der Waals surface area (Å²) in [6.07, 6.45) is 1.55. The average Bonchev–Trinajstić information content (AvgIpc) is 2.74. The molecule has 6 heteroatoms. The fraction of sp³-hybridized carbons (Fsp3) is 0.231. The lowest BCUT2D eigenvalue weighted by atomic mass is 10.1. The molecule has 1 heterocycles. The van der Waals surface area contributed by atoms with E-state index in [9.17, 15) is 4.79 Å². The second-order valence-corrected chi connectivity index (χ2v) is 6.14. The van der Waals surface area contributed by atoms with Gasteiger partial charge in [0, 0.05) is 10.6 Å². The van der Waals surface area contributed by atoms with Crippen LogP contribution in [0.2, 0.25) is 10.0 Å². The third-order valence-electron chi connectivity index (χ3n) is 2.44. The SMILES string of the molecule is Cc1coc(SC(C)C(=O)c2ccc(Cl)cc2Cl)n1. The lowest BCUT2D eigenvalue weighted by molar-refractivity contribution is 0.0993. The normalized spacial score (nSPS) is 12.4. The first-order chi connectivity index (χ1) is 8.97. The highest BCUT2D eigenvalue weighted by molar-refractivity contribution is 8.00. The maximum atomic E-state index is 12.3. The van der Waals surface area contributed by atoms with Gasteiger partial charge in [0.05, 0.1) is 16.0 Å². The minimum atomic E-state index is -0.336. The van der Waals surface area contributed by atoms with Gasteiger partial charge in [0.15, 0.2) is 5.78 Å². The number of carbonyl (C=O) groups is 1. The van der Waals surface area contributed by atoms with Crippen molar-refractivity contribution in [1.82, 2.24) is 4.98 Å². The number of thioether (sulfide) groups is 1. The van der Waals surface area contributed by atoms with Crippen LogP contribution in [0.25, 0.3) is 0 Å². The van der Waals surface area contributed by atoms with Gasteiger partial charge in [0.1, 0.15) is 6.26 Å². The third kappa shape index (κ3) is 3.53. The summed E-state index contributed by atoms with van der Waals surface area (Å²) < 4.78 is 5.22. The van der Waals surface area contributed by atoms with Gasteiger partial charge in [-0.1, -0.05) is 35.0 Å². The molecule has 0 radical (unpaired) electrons. The number of aromatic nitrogens is 1. The molecule has 1 aromatic carbocycles. The van der Waals surface area contributed by atoms with Crippen molar-refractivity contribution in [2.75, 3.05) is 0 Å². The molecule has 0 N–H and O–H groups in total. The van der Waals surface area contributed by atoms with Crippen LogP contribution in [0.4, 0.5) is 0 Å². The third-order valence-corrected chi connectivity index (χ3v) is 3.95. The van der Waals surface area contributed by atoms with Crippen molar-refractivity contribution in [1.29, 1.82) is 0 Å². The number of halogens is 2. The molecule has 1 unspecified atom stereocenters. The molecule has 0 spiro atoms. The first-order valence-corrected chi connectivity index (χ1v) is 7.19. The molecule has 1 atom stereocenters. The highest BCUT2D eigenvalue weighted by atomic mass is 35.5. The fourth-order valence-corrected chi connectivity index (χ4v) is 2.84. The molecular formula is C13H11Cl2NO2S. The van der Waals surface area contributed by atoms with Crippen molar-refractivity contribution < 1.29 is 9.21 Å². The van der Waals surface area contributed by atoms with E-state index < -0.39 is 0 Å². The summed E-state index contributed by atoms with van der Waals surface area (Å²) in [5.74, 6) is -0.0810. The predicted octanol–water partition coefficient (Wildman–Crippen LogP) is 4.65. The van der Waals surface area contributed by atoms with Crippen molar-refractivity contribution in [2.24, 2.45) is 0 Å². The lowest BCUT2D eigenvalue weighted by Crippen LogP contribution is -2.14. The molecule has 0 amide bonds. The Morgan fingerprint density at radius 1 is 1.42 bits per heavy atom. The van der Waals surface area contributed by atoms with Crippen LogP contribution in [0, 0.1) is 6.92 Å². The van der Waals surface area contributed by atoms with Gasteiger partial charge in [-0.05, 0) is 32.0 Å². The van der Waals surface area contributed by atoms with E-state index >= 15 is 0 Å². The Bertz CT molecular complexity index is 612. The molecule has 0 saturated carbocycles. The number of benzene rings is 1. The van der Waals surface area contributed by atoms with Gasteiger partial charge in [-0.3, -0.25) is 4.79 Å². The van der Waals surface area contributed by atoms with Crippen molar-refractivity contribution in [3.05, 3.63) is 45.8 Å². The van der Waals surface area contributed by atoms with Crippen LogP contribution in [0.1, 0.15) is 23.0 Å². The number of carbonyl (C=O) groups excluding carboxylic acids is 1. The Balaban J connectivity index is 2.14. The molecule has 3 nitrogen and oxygen atoms in total. The second-order valence-electron chi connectivity index (χ2n) is 4.00. The van der Waals surface area contributed by atoms with Crippen molar-refractivity contribution in [3.63, 3.8) is 0 Å². The van der Waals surface area contributed by atoms with Gasteiger partial charge in [-0.2, -0.15) is 0 Å². The van der Waals surface area contributed by atoms with Gasteiger partial charge in [-0.15, -0.1) is 0 Å². The van der Waals surface area contributed by atoms with Gasteiger partial charge >= 0.3 is 0 Å². The van der Waals surface area contributed by atoms with E-state index in [1.807, 2.05) is 6.92 Å². The minimum absolute atomic E-state index is 0.0810. The highest BCUT2D eigenvalue weighted by Crippen LogP contribution is 2.28. The summed E-state index contributed by atoms with van der Waals surface area (Å²) in [5, 5.41) is 0.999. The zero-order valence-electron chi connectivity index (χ0n) is 10.3. The molecule has 19 heavy (non-hydrogen) atoms.